The van der Waals surface area contributed by atoms with E-state index in [1.165, 1.54) is 0 Å². The summed E-state index contributed by atoms with van der Waals surface area (Å²) in [5.74, 6) is 0.292. The second kappa shape index (κ2) is 7.13. The highest BCUT2D eigenvalue weighted by Crippen LogP contribution is 2.24. The van der Waals surface area contributed by atoms with Gasteiger partial charge in [-0.25, -0.2) is 0 Å². The Hall–Kier alpha value is -1.27. The van der Waals surface area contributed by atoms with E-state index in [-0.39, 0.29) is 5.91 Å². The van der Waals surface area contributed by atoms with Gasteiger partial charge in [0.05, 0.1) is 5.02 Å². The summed E-state index contributed by atoms with van der Waals surface area (Å²) < 4.78 is 6.73. The van der Waals surface area contributed by atoms with E-state index in [0.29, 0.717) is 10.8 Å². The number of halogens is 2. The average molecular weight is 416 g/mol. The number of hydrogen-bond acceptors (Lipinski definition) is 2. The van der Waals surface area contributed by atoms with E-state index in [4.69, 9.17) is 16.3 Å². The van der Waals surface area contributed by atoms with Gasteiger partial charge >= 0.3 is 0 Å². The normalized spacial score (nSPS) is 11.8. The van der Waals surface area contributed by atoms with Crippen LogP contribution in [0.2, 0.25) is 5.02 Å². The molecule has 1 atom stereocenters. The molecule has 1 unspecified atom stereocenters. The number of nitrogens with one attached hydrogen (secondary N) is 1. The van der Waals surface area contributed by atoms with Gasteiger partial charge in [0.1, 0.15) is 5.75 Å². The van der Waals surface area contributed by atoms with Crippen molar-refractivity contribution in [1.29, 1.82) is 0 Å². The molecule has 0 saturated carbocycles. The molecular weight excluding hydrogens is 401 g/mol. The van der Waals surface area contributed by atoms with Crippen LogP contribution in [0.4, 0.5) is 5.69 Å². The van der Waals surface area contributed by atoms with Gasteiger partial charge in [0.2, 0.25) is 0 Å². The Morgan fingerprint density at radius 1 is 1.29 bits per heavy atom. The highest BCUT2D eigenvalue weighted by molar-refractivity contribution is 14.1. The number of amides is 1. The lowest BCUT2D eigenvalue weighted by atomic mass is 10.2. The Bertz CT molecular complexity index is 660. The van der Waals surface area contributed by atoms with Crippen molar-refractivity contribution in [1.82, 2.24) is 0 Å². The molecular formula is C16H15ClINO2. The van der Waals surface area contributed by atoms with Gasteiger partial charge in [0.25, 0.3) is 5.91 Å². The topological polar surface area (TPSA) is 38.3 Å². The van der Waals surface area contributed by atoms with Crippen LogP contribution in [0.1, 0.15) is 12.5 Å². The quantitative estimate of drug-likeness (QED) is 0.738. The Labute approximate surface area is 142 Å². The van der Waals surface area contributed by atoms with Gasteiger partial charge in [-0.1, -0.05) is 23.7 Å². The lowest BCUT2D eigenvalue weighted by Gasteiger charge is -2.16. The third-order valence-electron chi connectivity index (χ3n) is 2.96. The number of para-hydroxylation sites is 1. The predicted molar refractivity (Wildman–Crippen MR) is 94.1 cm³/mol. The number of ether oxygens (including phenoxy) is 1. The number of benzene rings is 2. The molecule has 0 fully saturated rings. The molecule has 0 heterocycles. The van der Waals surface area contributed by atoms with Crippen molar-refractivity contribution in [3.63, 3.8) is 0 Å². The molecule has 2 rings (SSSR count). The summed E-state index contributed by atoms with van der Waals surface area (Å²) >= 11 is 8.25. The summed E-state index contributed by atoms with van der Waals surface area (Å²) in [5.41, 5.74) is 1.80. The molecule has 3 nitrogen and oxygen atoms in total. The first-order chi connectivity index (χ1) is 9.97. The number of carbonyl (C=O) groups excluding carboxylic acids is 1. The van der Waals surface area contributed by atoms with Gasteiger partial charge < -0.3 is 10.1 Å². The minimum atomic E-state index is -0.636. The molecule has 1 N–H and O–H groups in total. The average Bonchev–Trinajstić information content (AvgIpc) is 2.44. The summed E-state index contributed by atoms with van der Waals surface area (Å²) in [6.45, 7) is 3.65. The molecule has 2 aromatic rings. The van der Waals surface area contributed by atoms with Crippen LogP contribution in [-0.2, 0) is 4.79 Å². The molecule has 2 aromatic carbocycles. The zero-order chi connectivity index (χ0) is 15.4. The Balaban J connectivity index is 2.04. The van der Waals surface area contributed by atoms with Crippen LogP contribution >= 0.6 is 34.2 Å². The summed E-state index contributed by atoms with van der Waals surface area (Å²) in [6, 6.07) is 12.9. The predicted octanol–water partition coefficient (Wildman–Crippen LogP) is 4.66. The molecule has 5 heteroatoms. The number of carbonyl (C=O) groups is 1. The molecule has 0 bridgehead atoms. The van der Waals surface area contributed by atoms with E-state index in [2.05, 4.69) is 27.9 Å². The summed E-state index contributed by atoms with van der Waals surface area (Å²) in [4.78, 5) is 12.2. The maximum atomic E-state index is 12.2. The van der Waals surface area contributed by atoms with Crippen molar-refractivity contribution in [3.8, 4) is 5.75 Å². The molecule has 1 amide bonds. The van der Waals surface area contributed by atoms with Crippen molar-refractivity contribution in [3.05, 3.63) is 56.6 Å². The van der Waals surface area contributed by atoms with Crippen LogP contribution in [0.15, 0.2) is 42.5 Å². The Morgan fingerprint density at radius 3 is 2.67 bits per heavy atom. The van der Waals surface area contributed by atoms with Gasteiger partial charge in [0.15, 0.2) is 6.10 Å². The molecule has 21 heavy (non-hydrogen) atoms. The second-order valence-electron chi connectivity index (χ2n) is 4.64. The number of anilines is 1. The minimum absolute atomic E-state index is 0.209. The largest absolute Gasteiger partial charge is 0.479 e. The number of rotatable bonds is 4. The smallest absolute Gasteiger partial charge is 0.265 e. The van der Waals surface area contributed by atoms with E-state index in [0.717, 1.165) is 14.8 Å². The summed E-state index contributed by atoms with van der Waals surface area (Å²) in [6.07, 6.45) is -0.636. The third kappa shape index (κ3) is 4.35. The van der Waals surface area contributed by atoms with E-state index in [1.807, 2.05) is 37.3 Å². The zero-order valence-electron chi connectivity index (χ0n) is 11.7. The van der Waals surface area contributed by atoms with E-state index in [9.17, 15) is 4.79 Å². The first kappa shape index (κ1) is 16.1. The van der Waals surface area contributed by atoms with Crippen molar-refractivity contribution >= 4 is 45.8 Å². The van der Waals surface area contributed by atoms with E-state index < -0.39 is 6.10 Å². The molecule has 110 valence electrons. The van der Waals surface area contributed by atoms with Crippen LogP contribution in [0, 0.1) is 10.5 Å². The van der Waals surface area contributed by atoms with Crippen LogP contribution in [0.5, 0.6) is 5.75 Å². The summed E-state index contributed by atoms with van der Waals surface area (Å²) in [7, 11) is 0. The lowest BCUT2D eigenvalue weighted by Crippen LogP contribution is -2.30. The highest BCUT2D eigenvalue weighted by Gasteiger charge is 2.16. The molecule has 0 aliphatic carbocycles. The second-order valence-corrected chi connectivity index (χ2v) is 6.29. The fourth-order valence-electron chi connectivity index (χ4n) is 1.79. The maximum absolute atomic E-state index is 12.2. The zero-order valence-corrected chi connectivity index (χ0v) is 14.6. The van der Waals surface area contributed by atoms with Gasteiger partial charge in [-0.15, -0.1) is 0 Å². The van der Waals surface area contributed by atoms with Crippen molar-refractivity contribution in [2.45, 2.75) is 20.0 Å². The fourth-order valence-corrected chi connectivity index (χ4v) is 2.61. The van der Waals surface area contributed by atoms with Crippen LogP contribution in [0.25, 0.3) is 0 Å². The monoisotopic (exact) mass is 415 g/mol. The van der Waals surface area contributed by atoms with E-state index >= 15 is 0 Å². The molecule has 0 aliphatic rings. The van der Waals surface area contributed by atoms with Gasteiger partial charge in [-0.3, -0.25) is 4.79 Å². The highest BCUT2D eigenvalue weighted by atomic mass is 127. The molecule has 0 radical (unpaired) electrons. The minimum Gasteiger partial charge on any atom is -0.479 e. The fraction of sp³-hybridized carbons (Fsp3) is 0.188. The maximum Gasteiger partial charge on any atom is 0.265 e. The van der Waals surface area contributed by atoms with Crippen molar-refractivity contribution < 1.29 is 9.53 Å². The standard InChI is InChI=1S/C16H15ClINO2/c1-10-9-12(18)7-8-14(10)19-16(20)11(2)21-15-6-4-3-5-13(15)17/h3-9,11H,1-2H3,(H,19,20). The van der Waals surface area contributed by atoms with Crippen LogP contribution in [-0.4, -0.2) is 12.0 Å². The first-order valence-corrected chi connectivity index (χ1v) is 7.91. The first-order valence-electron chi connectivity index (χ1n) is 6.45. The Kier molecular flexibility index (Phi) is 5.47. The number of hydrogen-bond donors (Lipinski definition) is 1. The SMILES string of the molecule is Cc1cc(I)ccc1NC(=O)C(C)Oc1ccccc1Cl. The molecule has 0 saturated heterocycles. The van der Waals surface area contributed by atoms with Crippen molar-refractivity contribution in [2.24, 2.45) is 0 Å². The molecule has 0 aliphatic heterocycles. The van der Waals surface area contributed by atoms with Crippen LogP contribution < -0.4 is 10.1 Å². The van der Waals surface area contributed by atoms with Gasteiger partial charge in [-0.2, -0.15) is 0 Å². The van der Waals surface area contributed by atoms with Gasteiger partial charge in [-0.05, 0) is 72.3 Å². The molecule has 0 spiro atoms. The summed E-state index contributed by atoms with van der Waals surface area (Å²) in [5, 5.41) is 3.36. The van der Waals surface area contributed by atoms with Crippen molar-refractivity contribution in [2.75, 3.05) is 5.32 Å². The number of aryl methyl sites for hydroxylation is 1. The molecule has 0 aromatic heterocycles. The third-order valence-corrected chi connectivity index (χ3v) is 3.94. The Morgan fingerprint density at radius 2 is 2.00 bits per heavy atom. The lowest BCUT2D eigenvalue weighted by molar-refractivity contribution is -0.122. The van der Waals surface area contributed by atoms with E-state index in [1.54, 1.807) is 19.1 Å². The van der Waals surface area contributed by atoms with Crippen LogP contribution in [0.3, 0.4) is 0 Å². The van der Waals surface area contributed by atoms with Gasteiger partial charge in [0, 0.05) is 9.26 Å².